The van der Waals surface area contributed by atoms with Crippen LogP contribution in [0.25, 0.3) is 10.6 Å². The molecule has 0 unspecified atom stereocenters. The minimum absolute atomic E-state index is 0.0966. The number of hydrogen-bond donors (Lipinski definition) is 1. The van der Waals surface area contributed by atoms with Crippen molar-refractivity contribution < 1.29 is 17.9 Å². The third-order valence-electron chi connectivity index (χ3n) is 3.94. The molecule has 152 valence electrons. The number of thiazole rings is 1. The Bertz CT molecular complexity index is 1130. The molecule has 0 aliphatic heterocycles. The summed E-state index contributed by atoms with van der Waals surface area (Å²) < 4.78 is 33.4. The lowest BCUT2D eigenvalue weighted by molar-refractivity contribution is -0.118. The summed E-state index contributed by atoms with van der Waals surface area (Å²) in [5.74, 6) is -0.473. The zero-order chi connectivity index (χ0) is 21.0. The average molecular weight is 495 g/mol. The van der Waals surface area contributed by atoms with Crippen molar-refractivity contribution in [2.45, 2.75) is 25.2 Å². The third kappa shape index (κ3) is 5.43. The predicted molar refractivity (Wildman–Crippen MR) is 117 cm³/mol. The number of amides is 1. The second-order valence-corrected chi connectivity index (χ2v) is 9.66. The first kappa shape index (κ1) is 21.5. The van der Waals surface area contributed by atoms with Crippen molar-refractivity contribution in [3.8, 4) is 16.3 Å². The van der Waals surface area contributed by atoms with Crippen LogP contribution in [0.3, 0.4) is 0 Å². The molecule has 9 heteroatoms. The van der Waals surface area contributed by atoms with E-state index in [2.05, 4.69) is 25.6 Å². The van der Waals surface area contributed by atoms with Crippen LogP contribution in [0.4, 0.5) is 0 Å². The predicted octanol–water partition coefficient (Wildman–Crippen LogP) is 4.33. The molecule has 0 spiro atoms. The van der Waals surface area contributed by atoms with Crippen molar-refractivity contribution >= 4 is 43.2 Å². The molecule has 29 heavy (non-hydrogen) atoms. The average Bonchev–Trinajstić information content (AvgIpc) is 3.11. The maximum absolute atomic E-state index is 12.7. The topological polar surface area (TPSA) is 85.4 Å². The minimum Gasteiger partial charge on any atom is -0.492 e. The Labute approximate surface area is 182 Å². The van der Waals surface area contributed by atoms with Crippen molar-refractivity contribution in [1.82, 2.24) is 9.71 Å². The van der Waals surface area contributed by atoms with E-state index in [0.717, 1.165) is 16.1 Å². The van der Waals surface area contributed by atoms with Gasteiger partial charge < -0.3 is 4.74 Å². The largest absolute Gasteiger partial charge is 0.492 e. The number of sulfonamides is 1. The quantitative estimate of drug-likeness (QED) is 0.528. The summed E-state index contributed by atoms with van der Waals surface area (Å²) in [6.07, 6.45) is -0.139. The molecule has 0 saturated carbocycles. The van der Waals surface area contributed by atoms with Gasteiger partial charge in [-0.3, -0.25) is 4.79 Å². The first-order chi connectivity index (χ1) is 13.8. The monoisotopic (exact) mass is 494 g/mol. The highest BCUT2D eigenvalue weighted by molar-refractivity contribution is 9.10. The van der Waals surface area contributed by atoms with Crippen LogP contribution < -0.4 is 9.46 Å². The molecule has 0 bridgehead atoms. The number of hydrogen-bond acceptors (Lipinski definition) is 6. The molecular formula is C20H19BrN2O4S2. The van der Waals surface area contributed by atoms with E-state index in [9.17, 15) is 13.2 Å². The van der Waals surface area contributed by atoms with Gasteiger partial charge in [-0.05, 0) is 32.0 Å². The number of nitrogens with one attached hydrogen (secondary N) is 1. The van der Waals surface area contributed by atoms with Crippen molar-refractivity contribution in [2.24, 2.45) is 0 Å². The minimum atomic E-state index is -4.08. The Kier molecular flexibility index (Phi) is 6.71. The SMILES string of the molecule is CCOc1ccc(Br)cc1S(=O)(=O)NC(=O)Cc1csc(-c2ccc(C)cc2)n1. The van der Waals surface area contributed by atoms with Crippen molar-refractivity contribution in [3.05, 3.63) is 63.6 Å². The van der Waals surface area contributed by atoms with Crippen LogP contribution in [-0.4, -0.2) is 25.9 Å². The van der Waals surface area contributed by atoms with E-state index in [0.29, 0.717) is 16.8 Å². The van der Waals surface area contributed by atoms with Gasteiger partial charge in [-0.15, -0.1) is 11.3 Å². The van der Waals surface area contributed by atoms with Gasteiger partial charge in [0.15, 0.2) is 0 Å². The molecule has 0 saturated heterocycles. The molecule has 1 amide bonds. The molecule has 1 aromatic heterocycles. The smallest absolute Gasteiger partial charge is 0.267 e. The number of nitrogens with zero attached hydrogens (tertiary/aromatic N) is 1. The second-order valence-electron chi connectivity index (χ2n) is 6.24. The van der Waals surface area contributed by atoms with Gasteiger partial charge in [0.2, 0.25) is 5.91 Å². The van der Waals surface area contributed by atoms with E-state index in [1.165, 1.54) is 17.4 Å². The molecule has 0 atom stereocenters. The van der Waals surface area contributed by atoms with Crippen LogP contribution >= 0.6 is 27.3 Å². The lowest BCUT2D eigenvalue weighted by Gasteiger charge is -2.12. The standard InChI is InChI=1S/C20H19BrN2O4S2/c1-3-27-17-9-8-15(21)10-18(17)29(25,26)23-19(24)11-16-12-28-20(22-16)14-6-4-13(2)5-7-14/h4-10,12H,3,11H2,1-2H3,(H,23,24). The lowest BCUT2D eigenvalue weighted by atomic mass is 10.2. The normalized spacial score (nSPS) is 11.3. The molecule has 1 N–H and O–H groups in total. The van der Waals surface area contributed by atoms with Gasteiger partial charge in [0.25, 0.3) is 10.0 Å². The first-order valence-corrected chi connectivity index (χ1v) is 11.9. The maximum Gasteiger partial charge on any atom is 0.267 e. The second kappa shape index (κ2) is 9.06. The van der Waals surface area contributed by atoms with Gasteiger partial charge in [0, 0.05) is 15.4 Å². The van der Waals surface area contributed by atoms with Crippen molar-refractivity contribution in [3.63, 3.8) is 0 Å². The molecule has 1 heterocycles. The fraction of sp³-hybridized carbons (Fsp3) is 0.200. The summed E-state index contributed by atoms with van der Waals surface area (Å²) in [4.78, 5) is 16.7. The van der Waals surface area contributed by atoms with E-state index in [1.54, 1.807) is 24.4 Å². The Hall–Kier alpha value is -2.23. The number of rotatable bonds is 7. The third-order valence-corrected chi connectivity index (χ3v) is 6.76. The number of benzene rings is 2. The zero-order valence-corrected chi connectivity index (χ0v) is 19.0. The molecule has 6 nitrogen and oxygen atoms in total. The van der Waals surface area contributed by atoms with Crippen molar-refractivity contribution in [1.29, 1.82) is 0 Å². The van der Waals surface area contributed by atoms with Gasteiger partial charge in [0.05, 0.1) is 18.7 Å². The maximum atomic E-state index is 12.7. The Balaban J connectivity index is 1.74. The van der Waals surface area contributed by atoms with Crippen LogP contribution in [0.2, 0.25) is 0 Å². The highest BCUT2D eigenvalue weighted by Gasteiger charge is 2.23. The molecule has 0 fully saturated rings. The summed E-state index contributed by atoms with van der Waals surface area (Å²) in [6, 6.07) is 12.5. The molecule has 2 aromatic carbocycles. The fourth-order valence-corrected chi connectivity index (χ4v) is 5.08. The number of carbonyl (C=O) groups excluding carboxylic acids is 1. The molecular weight excluding hydrogens is 476 g/mol. The summed E-state index contributed by atoms with van der Waals surface area (Å²) in [7, 11) is -4.08. The summed E-state index contributed by atoms with van der Waals surface area (Å²) >= 11 is 4.66. The summed E-state index contributed by atoms with van der Waals surface area (Å²) in [5, 5.41) is 2.54. The van der Waals surface area contributed by atoms with Gasteiger partial charge in [0.1, 0.15) is 15.7 Å². The van der Waals surface area contributed by atoms with E-state index in [1.807, 2.05) is 31.2 Å². The van der Waals surface area contributed by atoms with Gasteiger partial charge in [-0.25, -0.2) is 18.1 Å². The number of aryl methyl sites for hydroxylation is 1. The number of aromatic nitrogens is 1. The van der Waals surface area contributed by atoms with Gasteiger partial charge in [-0.2, -0.15) is 0 Å². The van der Waals surface area contributed by atoms with Gasteiger partial charge >= 0.3 is 0 Å². The zero-order valence-electron chi connectivity index (χ0n) is 15.8. The molecule has 0 radical (unpaired) electrons. The van der Waals surface area contributed by atoms with Crippen LogP contribution in [0.1, 0.15) is 18.2 Å². The van der Waals surface area contributed by atoms with Crippen LogP contribution in [-0.2, 0) is 21.2 Å². The van der Waals surface area contributed by atoms with E-state index in [4.69, 9.17) is 4.74 Å². The van der Waals surface area contributed by atoms with E-state index < -0.39 is 15.9 Å². The van der Waals surface area contributed by atoms with Crippen LogP contribution in [0.15, 0.2) is 57.2 Å². The number of ether oxygens (including phenoxy) is 1. The first-order valence-electron chi connectivity index (χ1n) is 8.78. The van der Waals surface area contributed by atoms with E-state index in [-0.39, 0.29) is 17.1 Å². The number of carbonyl (C=O) groups is 1. The Morgan fingerprint density at radius 2 is 1.93 bits per heavy atom. The molecule has 3 aromatic rings. The highest BCUT2D eigenvalue weighted by Crippen LogP contribution is 2.28. The Morgan fingerprint density at radius 3 is 2.62 bits per heavy atom. The Morgan fingerprint density at radius 1 is 1.21 bits per heavy atom. The van der Waals surface area contributed by atoms with Gasteiger partial charge in [-0.1, -0.05) is 45.8 Å². The van der Waals surface area contributed by atoms with Crippen LogP contribution in [0.5, 0.6) is 5.75 Å². The molecule has 0 aliphatic rings. The van der Waals surface area contributed by atoms with E-state index >= 15 is 0 Å². The highest BCUT2D eigenvalue weighted by atomic mass is 79.9. The molecule has 0 aliphatic carbocycles. The summed E-state index contributed by atoms with van der Waals surface area (Å²) in [6.45, 7) is 4.06. The fourth-order valence-electron chi connectivity index (χ4n) is 2.59. The van der Waals surface area contributed by atoms with Crippen molar-refractivity contribution in [2.75, 3.05) is 6.61 Å². The lowest BCUT2D eigenvalue weighted by Crippen LogP contribution is -2.32. The molecule has 3 rings (SSSR count). The summed E-state index contributed by atoms with van der Waals surface area (Å²) in [5.41, 5.74) is 2.61. The number of halogens is 1. The van der Waals surface area contributed by atoms with Crippen LogP contribution in [0, 0.1) is 6.92 Å².